The molecule has 1 aliphatic heterocycles. The predicted molar refractivity (Wildman–Crippen MR) is 75.4 cm³/mol. The van der Waals surface area contributed by atoms with Crippen LogP contribution in [-0.2, 0) is 4.79 Å². The Bertz CT molecular complexity index is 237. The highest BCUT2D eigenvalue weighted by molar-refractivity contribution is 5.76. The fraction of sp³-hybridized carbons (Fsp3) is 0.929. The Morgan fingerprint density at radius 2 is 2.00 bits per heavy atom. The molecule has 106 valence electrons. The number of likely N-dealkylation sites (tertiary alicyclic amines) is 1. The largest absolute Gasteiger partial charge is 0.353 e. The first kappa shape index (κ1) is 15.4. The normalized spacial score (nSPS) is 19.7. The first-order valence-corrected chi connectivity index (χ1v) is 7.43. The van der Waals surface area contributed by atoms with Crippen LogP contribution in [0.15, 0.2) is 0 Å². The van der Waals surface area contributed by atoms with Crippen molar-refractivity contribution in [2.45, 2.75) is 64.5 Å². The Balaban J connectivity index is 2.18. The zero-order valence-electron chi connectivity index (χ0n) is 12.0. The first-order chi connectivity index (χ1) is 8.65. The van der Waals surface area contributed by atoms with Gasteiger partial charge in [0.25, 0.3) is 0 Å². The highest BCUT2D eigenvalue weighted by atomic mass is 16.1. The number of carbonyl (C=O) groups is 1. The summed E-state index contributed by atoms with van der Waals surface area (Å²) in [5.41, 5.74) is 5.88. The van der Waals surface area contributed by atoms with Gasteiger partial charge in [-0.15, -0.1) is 0 Å². The summed E-state index contributed by atoms with van der Waals surface area (Å²) in [6, 6.07) is 0.384. The maximum atomic E-state index is 11.8. The van der Waals surface area contributed by atoms with Crippen molar-refractivity contribution in [1.82, 2.24) is 10.2 Å². The van der Waals surface area contributed by atoms with Crippen LogP contribution in [0.2, 0.25) is 0 Å². The summed E-state index contributed by atoms with van der Waals surface area (Å²) >= 11 is 0. The Kier molecular flexibility index (Phi) is 7.28. The smallest absolute Gasteiger partial charge is 0.221 e. The molecule has 1 amide bonds. The summed E-state index contributed by atoms with van der Waals surface area (Å²) in [4.78, 5) is 14.3. The fourth-order valence-corrected chi connectivity index (χ4v) is 2.61. The number of piperidine rings is 1. The maximum absolute atomic E-state index is 11.8. The Hall–Kier alpha value is -0.610. The lowest BCUT2D eigenvalue weighted by Crippen LogP contribution is -2.45. The molecule has 0 bridgehead atoms. The van der Waals surface area contributed by atoms with Gasteiger partial charge >= 0.3 is 0 Å². The minimum absolute atomic E-state index is 0.0233. The second-order valence-electron chi connectivity index (χ2n) is 5.44. The monoisotopic (exact) mass is 255 g/mol. The van der Waals surface area contributed by atoms with Gasteiger partial charge in [-0.1, -0.05) is 20.3 Å². The third-order valence-corrected chi connectivity index (χ3v) is 3.60. The first-order valence-electron chi connectivity index (χ1n) is 7.43. The van der Waals surface area contributed by atoms with Crippen molar-refractivity contribution >= 4 is 5.91 Å². The Morgan fingerprint density at radius 3 is 2.56 bits per heavy atom. The van der Waals surface area contributed by atoms with E-state index in [9.17, 15) is 4.79 Å². The van der Waals surface area contributed by atoms with E-state index in [1.54, 1.807) is 0 Å². The maximum Gasteiger partial charge on any atom is 0.221 e. The minimum Gasteiger partial charge on any atom is -0.353 e. The van der Waals surface area contributed by atoms with Gasteiger partial charge < -0.3 is 16.0 Å². The Labute approximate surface area is 111 Å². The van der Waals surface area contributed by atoms with E-state index in [0.717, 1.165) is 38.8 Å². The van der Waals surface area contributed by atoms with Crippen molar-refractivity contribution in [3.63, 3.8) is 0 Å². The molecule has 4 heteroatoms. The quantitative estimate of drug-likeness (QED) is 0.725. The molecule has 1 rings (SSSR count). The van der Waals surface area contributed by atoms with E-state index < -0.39 is 0 Å². The lowest BCUT2D eigenvalue weighted by Gasteiger charge is -2.32. The van der Waals surface area contributed by atoms with Crippen LogP contribution < -0.4 is 11.1 Å². The zero-order valence-corrected chi connectivity index (χ0v) is 12.0. The molecule has 0 radical (unpaired) electrons. The third-order valence-electron chi connectivity index (χ3n) is 3.60. The molecule has 1 fully saturated rings. The van der Waals surface area contributed by atoms with Crippen LogP contribution in [0.4, 0.5) is 0 Å². The van der Waals surface area contributed by atoms with Gasteiger partial charge in [-0.2, -0.15) is 0 Å². The van der Waals surface area contributed by atoms with Gasteiger partial charge in [0.2, 0.25) is 5.91 Å². The second kappa shape index (κ2) is 8.48. The van der Waals surface area contributed by atoms with Crippen molar-refractivity contribution in [2.75, 3.05) is 19.6 Å². The lowest BCUT2D eigenvalue weighted by atomic mass is 10.0. The molecule has 0 aromatic heterocycles. The number of carbonyl (C=O) groups excluding carboxylic acids is 1. The molecule has 0 aliphatic carbocycles. The molecular weight excluding hydrogens is 226 g/mol. The summed E-state index contributed by atoms with van der Waals surface area (Å²) in [7, 11) is 0. The number of nitrogens with two attached hydrogens (primary N) is 1. The van der Waals surface area contributed by atoms with E-state index in [4.69, 9.17) is 5.73 Å². The summed E-state index contributed by atoms with van der Waals surface area (Å²) in [6.45, 7) is 7.71. The van der Waals surface area contributed by atoms with Gasteiger partial charge in [-0.05, 0) is 32.2 Å². The number of amides is 1. The van der Waals surface area contributed by atoms with Gasteiger partial charge in [-0.25, -0.2) is 0 Å². The molecule has 4 nitrogen and oxygen atoms in total. The van der Waals surface area contributed by atoms with Crippen molar-refractivity contribution in [1.29, 1.82) is 0 Å². The summed E-state index contributed by atoms with van der Waals surface area (Å²) in [6.07, 6.45) is 5.82. The van der Waals surface area contributed by atoms with E-state index in [1.807, 2.05) is 0 Å². The number of hydrogen-bond acceptors (Lipinski definition) is 3. The topological polar surface area (TPSA) is 58.4 Å². The van der Waals surface area contributed by atoms with Crippen LogP contribution in [0.1, 0.15) is 52.4 Å². The van der Waals surface area contributed by atoms with Crippen molar-refractivity contribution in [3.05, 3.63) is 0 Å². The summed E-state index contributed by atoms with van der Waals surface area (Å²) < 4.78 is 0. The molecule has 1 saturated heterocycles. The average Bonchev–Trinajstić information content (AvgIpc) is 2.32. The predicted octanol–water partition coefficient (Wildman–Crippen LogP) is 1.49. The molecular formula is C14H29N3O. The molecule has 0 aromatic rings. The standard InChI is InChI=1S/C14H29N3O/c1-3-5-12(15)11-14(18)16-13-6-9-17(8-4-2)10-7-13/h12-13H,3-11,15H2,1-2H3,(H,16,18). The minimum atomic E-state index is 0.0233. The molecule has 0 spiro atoms. The molecule has 18 heavy (non-hydrogen) atoms. The van der Waals surface area contributed by atoms with Crippen molar-refractivity contribution < 1.29 is 4.79 Å². The van der Waals surface area contributed by atoms with Gasteiger partial charge in [0.15, 0.2) is 0 Å². The molecule has 1 unspecified atom stereocenters. The van der Waals surface area contributed by atoms with Crippen molar-refractivity contribution in [3.8, 4) is 0 Å². The zero-order chi connectivity index (χ0) is 13.4. The molecule has 0 aromatic carbocycles. The van der Waals surface area contributed by atoms with Gasteiger partial charge in [0, 0.05) is 31.6 Å². The highest BCUT2D eigenvalue weighted by Crippen LogP contribution is 2.11. The van der Waals surface area contributed by atoms with Gasteiger partial charge in [0.05, 0.1) is 0 Å². The third kappa shape index (κ3) is 5.83. The Morgan fingerprint density at radius 1 is 1.33 bits per heavy atom. The number of nitrogens with zero attached hydrogens (tertiary/aromatic N) is 1. The fourth-order valence-electron chi connectivity index (χ4n) is 2.61. The van der Waals surface area contributed by atoms with Crippen molar-refractivity contribution in [2.24, 2.45) is 5.73 Å². The van der Waals surface area contributed by atoms with E-state index in [0.29, 0.717) is 12.5 Å². The number of rotatable bonds is 7. The number of hydrogen-bond donors (Lipinski definition) is 2. The lowest BCUT2D eigenvalue weighted by molar-refractivity contribution is -0.122. The molecule has 1 heterocycles. The van der Waals surface area contributed by atoms with Crippen LogP contribution in [0.5, 0.6) is 0 Å². The molecule has 1 aliphatic rings. The second-order valence-corrected chi connectivity index (χ2v) is 5.44. The number of nitrogens with one attached hydrogen (secondary N) is 1. The summed E-state index contributed by atoms with van der Waals surface area (Å²) in [5.74, 6) is 0.130. The van der Waals surface area contributed by atoms with Crippen LogP contribution in [-0.4, -0.2) is 42.5 Å². The van der Waals surface area contributed by atoms with E-state index in [1.165, 1.54) is 13.0 Å². The van der Waals surface area contributed by atoms with E-state index >= 15 is 0 Å². The SMILES string of the molecule is CCCC(N)CC(=O)NC1CCN(CCC)CC1. The van der Waals surface area contributed by atoms with E-state index in [-0.39, 0.29) is 11.9 Å². The average molecular weight is 255 g/mol. The highest BCUT2D eigenvalue weighted by Gasteiger charge is 2.20. The van der Waals surface area contributed by atoms with Gasteiger partial charge in [-0.3, -0.25) is 4.79 Å². The molecule has 1 atom stereocenters. The molecule has 0 saturated carbocycles. The summed E-state index contributed by atoms with van der Waals surface area (Å²) in [5, 5.41) is 3.13. The van der Waals surface area contributed by atoms with E-state index in [2.05, 4.69) is 24.1 Å². The molecule has 3 N–H and O–H groups in total. The van der Waals surface area contributed by atoms with Gasteiger partial charge in [0.1, 0.15) is 0 Å². The van der Waals surface area contributed by atoms with Crippen LogP contribution in [0, 0.1) is 0 Å². The van der Waals surface area contributed by atoms with Crippen LogP contribution >= 0.6 is 0 Å². The van der Waals surface area contributed by atoms with Crippen LogP contribution in [0.25, 0.3) is 0 Å². The van der Waals surface area contributed by atoms with Crippen LogP contribution in [0.3, 0.4) is 0 Å².